The normalized spacial score (nSPS) is 15.6. The van der Waals surface area contributed by atoms with E-state index < -0.39 is 0 Å². The highest BCUT2D eigenvalue weighted by molar-refractivity contribution is 7.99. The van der Waals surface area contributed by atoms with E-state index in [0.717, 1.165) is 54.4 Å². The number of nitrogens with one attached hydrogen (secondary N) is 1. The minimum atomic E-state index is -0.154. The van der Waals surface area contributed by atoms with Crippen molar-refractivity contribution < 1.29 is 19.2 Å². The van der Waals surface area contributed by atoms with E-state index in [9.17, 15) is 9.90 Å². The molecule has 188 valence electrons. The van der Waals surface area contributed by atoms with Gasteiger partial charge >= 0.3 is 5.88 Å². The highest BCUT2D eigenvalue weighted by Gasteiger charge is 2.27. The van der Waals surface area contributed by atoms with Crippen LogP contribution in [0.5, 0.6) is 5.75 Å². The maximum Gasteiger partial charge on any atom is 0.305 e. The number of carbonyl (C=O) groups excluding carboxylic acids is 1. The summed E-state index contributed by atoms with van der Waals surface area (Å²) in [7, 11) is 2.10. The SMILES string of the molecule is CN1CCN([n+]2cc(NC(=O)CCCSc3cc(C(C)(C)C)c(O)c(C(C)(C)C)c3)on2)CC1. The van der Waals surface area contributed by atoms with Crippen molar-refractivity contribution >= 4 is 23.6 Å². The molecule has 34 heavy (non-hydrogen) atoms. The highest BCUT2D eigenvalue weighted by atomic mass is 32.2. The van der Waals surface area contributed by atoms with Gasteiger partial charge in [0, 0.05) is 35.5 Å². The molecule has 0 aliphatic carbocycles. The van der Waals surface area contributed by atoms with Crippen molar-refractivity contribution in [1.29, 1.82) is 0 Å². The molecule has 9 heteroatoms. The van der Waals surface area contributed by atoms with E-state index in [1.807, 2.05) is 0 Å². The van der Waals surface area contributed by atoms with Gasteiger partial charge in [-0.1, -0.05) is 41.5 Å². The van der Waals surface area contributed by atoms with Gasteiger partial charge in [0.25, 0.3) is 6.20 Å². The second-order valence-electron chi connectivity index (χ2n) is 11.1. The number of thioether (sulfide) groups is 1. The average molecular weight is 491 g/mol. The minimum Gasteiger partial charge on any atom is -0.507 e. The third-order valence-electron chi connectivity index (χ3n) is 6.00. The molecule has 1 amide bonds. The van der Waals surface area contributed by atoms with Crippen LogP contribution in [-0.2, 0) is 15.6 Å². The number of carbonyl (C=O) groups is 1. The van der Waals surface area contributed by atoms with Gasteiger partial charge in [0.15, 0.2) is 0 Å². The lowest BCUT2D eigenvalue weighted by Crippen LogP contribution is -2.64. The smallest absolute Gasteiger partial charge is 0.305 e. The molecule has 1 fully saturated rings. The fraction of sp³-hybridized carbons (Fsp3) is 0.640. The summed E-state index contributed by atoms with van der Waals surface area (Å²) in [6, 6.07) is 4.17. The van der Waals surface area contributed by atoms with Crippen molar-refractivity contribution in [1.82, 2.24) is 10.2 Å². The van der Waals surface area contributed by atoms with Gasteiger partial charge in [-0.05, 0) is 42.2 Å². The summed E-state index contributed by atoms with van der Waals surface area (Å²) in [6.45, 7) is 16.4. The van der Waals surface area contributed by atoms with E-state index in [0.29, 0.717) is 18.1 Å². The zero-order valence-electron chi connectivity index (χ0n) is 21.6. The number of piperazine rings is 1. The zero-order valence-corrected chi connectivity index (χ0v) is 22.5. The van der Waals surface area contributed by atoms with Crippen molar-refractivity contribution in [2.75, 3.05) is 49.3 Å². The molecule has 0 unspecified atom stereocenters. The van der Waals surface area contributed by atoms with Gasteiger partial charge in [-0.3, -0.25) is 14.6 Å². The number of benzene rings is 1. The zero-order chi connectivity index (χ0) is 25.1. The number of likely N-dealkylation sites (N-methyl/N-ethyl adjacent to an activating group) is 1. The van der Waals surface area contributed by atoms with Crippen LogP contribution < -0.4 is 15.1 Å². The Hall–Kier alpha value is -2.26. The van der Waals surface area contributed by atoms with Gasteiger partial charge in [0.1, 0.15) is 5.75 Å². The summed E-state index contributed by atoms with van der Waals surface area (Å²) in [5, 5.41) is 19.8. The van der Waals surface area contributed by atoms with Gasteiger partial charge in [-0.15, -0.1) is 11.8 Å². The van der Waals surface area contributed by atoms with Crippen molar-refractivity contribution in [3.8, 4) is 5.75 Å². The molecular weight excluding hydrogens is 450 g/mol. The fourth-order valence-electron chi connectivity index (χ4n) is 3.88. The van der Waals surface area contributed by atoms with Crippen molar-refractivity contribution in [3.63, 3.8) is 0 Å². The molecule has 0 spiro atoms. The first-order chi connectivity index (χ1) is 15.8. The van der Waals surface area contributed by atoms with Gasteiger partial charge in [-0.2, -0.15) is 5.01 Å². The summed E-state index contributed by atoms with van der Waals surface area (Å²) >= 11 is 1.72. The first-order valence-electron chi connectivity index (χ1n) is 12.0. The number of aromatic hydroxyl groups is 1. The fourth-order valence-corrected chi connectivity index (χ4v) is 4.81. The molecule has 8 nitrogen and oxygen atoms in total. The maximum atomic E-state index is 12.4. The number of hydrogen-bond acceptors (Lipinski definition) is 7. The predicted molar refractivity (Wildman–Crippen MR) is 136 cm³/mol. The molecule has 1 aliphatic rings. The van der Waals surface area contributed by atoms with Crippen LogP contribution >= 0.6 is 11.8 Å². The van der Waals surface area contributed by atoms with Crippen LogP contribution in [0.25, 0.3) is 0 Å². The van der Waals surface area contributed by atoms with Crippen molar-refractivity contribution in [2.45, 2.75) is 70.1 Å². The number of phenolic OH excluding ortho intramolecular Hbond substituents is 1. The van der Waals surface area contributed by atoms with Crippen molar-refractivity contribution in [3.05, 3.63) is 29.5 Å². The molecule has 0 saturated carbocycles. The number of phenols is 1. The summed E-state index contributed by atoms with van der Waals surface area (Å²) < 4.78 is 5.29. The number of amides is 1. The first-order valence-corrected chi connectivity index (χ1v) is 13.0. The number of hydrogen-bond donors (Lipinski definition) is 2. The largest absolute Gasteiger partial charge is 0.507 e. The van der Waals surface area contributed by atoms with E-state index in [2.05, 4.69) is 81.2 Å². The van der Waals surface area contributed by atoms with Gasteiger partial charge in [-0.25, -0.2) is 0 Å². The van der Waals surface area contributed by atoms with Crippen LogP contribution in [0.4, 0.5) is 5.88 Å². The van der Waals surface area contributed by atoms with Crippen LogP contribution in [0.3, 0.4) is 0 Å². The van der Waals surface area contributed by atoms with E-state index in [-0.39, 0.29) is 16.7 Å². The Morgan fingerprint density at radius 2 is 1.71 bits per heavy atom. The van der Waals surface area contributed by atoms with Crippen LogP contribution in [0.1, 0.15) is 65.5 Å². The molecule has 2 aromatic rings. The summed E-state index contributed by atoms with van der Waals surface area (Å²) in [4.78, 5) is 17.5. The first kappa shape index (κ1) is 26.3. The Morgan fingerprint density at radius 1 is 1.12 bits per heavy atom. The van der Waals surface area contributed by atoms with Crippen LogP contribution in [0.15, 0.2) is 27.7 Å². The van der Waals surface area contributed by atoms with E-state index >= 15 is 0 Å². The topological polar surface area (TPSA) is 85.7 Å². The van der Waals surface area contributed by atoms with E-state index in [1.165, 1.54) is 0 Å². The summed E-state index contributed by atoms with van der Waals surface area (Å²) in [6.07, 6.45) is 2.86. The second-order valence-corrected chi connectivity index (χ2v) is 12.3. The Kier molecular flexibility index (Phi) is 8.18. The van der Waals surface area contributed by atoms with E-state index in [1.54, 1.807) is 22.7 Å². The summed E-state index contributed by atoms with van der Waals surface area (Å²) in [5.41, 5.74) is 1.61. The van der Waals surface area contributed by atoms with E-state index in [4.69, 9.17) is 4.52 Å². The monoisotopic (exact) mass is 490 g/mol. The molecule has 1 aromatic carbocycles. The Balaban J connectivity index is 1.52. The van der Waals surface area contributed by atoms with Crippen LogP contribution in [-0.4, -0.2) is 60.2 Å². The predicted octanol–water partition coefficient (Wildman–Crippen LogP) is 3.66. The highest BCUT2D eigenvalue weighted by Crippen LogP contribution is 2.41. The third kappa shape index (κ3) is 6.88. The van der Waals surface area contributed by atoms with Crippen LogP contribution in [0.2, 0.25) is 0 Å². The van der Waals surface area contributed by atoms with Gasteiger partial charge < -0.3 is 10.0 Å². The van der Waals surface area contributed by atoms with Gasteiger partial charge in [0.05, 0.1) is 17.9 Å². The molecule has 1 aromatic heterocycles. The standard InChI is InChI=1S/C25H39N5O3S/c1-24(2,3)19-15-18(16-20(23(19)32)25(4,5)6)34-14-8-9-21(31)26-22-17-30(27-33-22)29-12-10-28(7)11-13-29/h15-17H,8-14H2,1-7H3,(H-,26,27,31,32)/p+1. The Morgan fingerprint density at radius 3 is 2.26 bits per heavy atom. The number of aromatic nitrogens is 2. The number of nitrogens with zero attached hydrogens (tertiary/aromatic N) is 4. The Labute approximate surface area is 207 Å². The maximum absolute atomic E-state index is 12.4. The molecule has 2 heterocycles. The third-order valence-corrected chi connectivity index (χ3v) is 7.07. The lowest BCUT2D eigenvalue weighted by Gasteiger charge is -2.28. The molecule has 0 atom stereocenters. The summed E-state index contributed by atoms with van der Waals surface area (Å²) in [5.74, 6) is 1.48. The quantitative estimate of drug-likeness (QED) is 0.348. The lowest BCUT2D eigenvalue weighted by molar-refractivity contribution is -0.759. The molecule has 2 N–H and O–H groups in total. The molecule has 0 radical (unpaired) electrons. The average Bonchev–Trinajstić information content (AvgIpc) is 3.19. The molecule has 3 rings (SSSR count). The molecular formula is C25H40N5O3S+. The second kappa shape index (κ2) is 10.6. The number of anilines is 1. The van der Waals surface area contributed by atoms with Gasteiger partial charge in [0.2, 0.25) is 11.2 Å². The van der Waals surface area contributed by atoms with Crippen molar-refractivity contribution in [2.24, 2.45) is 0 Å². The Bertz CT molecular complexity index is 950. The number of rotatable bonds is 7. The molecule has 1 saturated heterocycles. The minimum absolute atomic E-state index is 0.0845. The molecule has 0 bridgehead atoms. The van der Waals surface area contributed by atoms with Crippen LogP contribution in [0, 0.1) is 0 Å². The lowest BCUT2D eigenvalue weighted by atomic mass is 9.79. The molecule has 1 aliphatic heterocycles.